The van der Waals surface area contributed by atoms with E-state index in [0.717, 1.165) is 37.0 Å². The fourth-order valence-electron chi connectivity index (χ4n) is 2.39. The highest BCUT2D eigenvalue weighted by atomic mass is 32.1. The molecule has 1 aliphatic rings. The third kappa shape index (κ3) is 3.89. The van der Waals surface area contributed by atoms with E-state index < -0.39 is 6.61 Å². The van der Waals surface area contributed by atoms with Crippen molar-refractivity contribution in [1.29, 1.82) is 0 Å². The van der Waals surface area contributed by atoms with E-state index in [1.807, 2.05) is 0 Å². The Bertz CT molecular complexity index is 445. The van der Waals surface area contributed by atoms with Crippen LogP contribution in [-0.4, -0.2) is 30.3 Å². The number of ether oxygens (including phenoxy) is 1. The lowest BCUT2D eigenvalue weighted by Gasteiger charge is -2.27. The van der Waals surface area contributed by atoms with Crippen molar-refractivity contribution >= 4 is 17.2 Å². The molecule has 1 saturated carbocycles. The van der Waals surface area contributed by atoms with Crippen LogP contribution in [0.1, 0.15) is 35.4 Å². The first-order valence-corrected chi connectivity index (χ1v) is 7.42. The third-order valence-corrected chi connectivity index (χ3v) is 4.39. The Hall–Kier alpha value is -1.21. The summed E-state index contributed by atoms with van der Waals surface area (Å²) in [6.07, 6.45) is 3.33. The van der Waals surface area contributed by atoms with Gasteiger partial charge < -0.3 is 15.2 Å². The van der Waals surface area contributed by atoms with E-state index >= 15 is 0 Å². The number of aliphatic hydroxyl groups excluding tert-OH is 1. The summed E-state index contributed by atoms with van der Waals surface area (Å²) in [6, 6.07) is 1.40. The zero-order valence-corrected chi connectivity index (χ0v) is 11.7. The zero-order chi connectivity index (χ0) is 14.5. The minimum absolute atomic E-state index is 0.0341. The molecule has 0 saturated heterocycles. The van der Waals surface area contributed by atoms with E-state index in [1.54, 1.807) is 5.38 Å². The van der Waals surface area contributed by atoms with Crippen LogP contribution < -0.4 is 10.1 Å². The molecule has 1 heterocycles. The number of hydrogen-bond acceptors (Lipinski definition) is 4. The van der Waals surface area contributed by atoms with E-state index in [1.165, 1.54) is 6.07 Å². The lowest BCUT2D eigenvalue weighted by Crippen LogP contribution is -2.37. The number of amides is 1. The number of aliphatic hydroxyl groups is 1. The fraction of sp³-hybridized carbons (Fsp3) is 0.615. The van der Waals surface area contributed by atoms with Gasteiger partial charge in [0.05, 0.1) is 0 Å². The van der Waals surface area contributed by atoms with Gasteiger partial charge in [-0.25, -0.2) is 0 Å². The zero-order valence-electron chi connectivity index (χ0n) is 10.9. The molecule has 0 spiro atoms. The molecule has 0 radical (unpaired) electrons. The SMILES string of the molecule is O=C(NC1CCC(CO)CC1)c1sccc1OC(F)F. The average Bonchev–Trinajstić information content (AvgIpc) is 2.87. The maximum Gasteiger partial charge on any atom is 0.387 e. The second-order valence-electron chi connectivity index (χ2n) is 4.87. The number of carbonyl (C=O) groups is 1. The van der Waals surface area contributed by atoms with Crippen LogP contribution in [0.15, 0.2) is 11.4 Å². The molecule has 20 heavy (non-hydrogen) atoms. The summed E-state index contributed by atoms with van der Waals surface area (Å²) in [7, 11) is 0. The highest BCUT2D eigenvalue weighted by Crippen LogP contribution is 2.28. The summed E-state index contributed by atoms with van der Waals surface area (Å²) in [5.41, 5.74) is 0. The molecule has 0 aliphatic heterocycles. The van der Waals surface area contributed by atoms with Crippen molar-refractivity contribution in [2.24, 2.45) is 5.92 Å². The van der Waals surface area contributed by atoms with E-state index in [-0.39, 0.29) is 29.2 Å². The summed E-state index contributed by atoms with van der Waals surface area (Å²) in [6.45, 7) is -2.76. The van der Waals surface area contributed by atoms with E-state index in [4.69, 9.17) is 5.11 Å². The molecule has 1 amide bonds. The lowest BCUT2D eigenvalue weighted by molar-refractivity contribution is -0.0498. The average molecular weight is 305 g/mol. The maximum absolute atomic E-state index is 12.2. The van der Waals surface area contributed by atoms with Crippen LogP contribution in [0.2, 0.25) is 0 Å². The van der Waals surface area contributed by atoms with Crippen LogP contribution in [0.3, 0.4) is 0 Å². The largest absolute Gasteiger partial charge is 0.433 e. The monoisotopic (exact) mass is 305 g/mol. The van der Waals surface area contributed by atoms with Gasteiger partial charge in [0.15, 0.2) is 0 Å². The number of nitrogens with one attached hydrogen (secondary N) is 1. The van der Waals surface area contributed by atoms with Gasteiger partial charge in [0.1, 0.15) is 10.6 Å². The smallest absolute Gasteiger partial charge is 0.387 e. The molecule has 1 aromatic rings. The molecule has 2 N–H and O–H groups in total. The Kier molecular flexibility index (Phi) is 5.31. The molecule has 2 rings (SSSR count). The van der Waals surface area contributed by atoms with Crippen LogP contribution in [0, 0.1) is 5.92 Å². The molecular formula is C13H17F2NO3S. The molecule has 0 bridgehead atoms. The quantitative estimate of drug-likeness (QED) is 0.879. The molecule has 0 aromatic carbocycles. The van der Waals surface area contributed by atoms with Gasteiger partial charge in [-0.1, -0.05) is 0 Å². The highest BCUT2D eigenvalue weighted by Gasteiger charge is 2.24. The molecule has 0 atom stereocenters. The Balaban J connectivity index is 1.90. The van der Waals surface area contributed by atoms with Gasteiger partial charge in [-0.3, -0.25) is 4.79 Å². The van der Waals surface area contributed by atoms with E-state index in [9.17, 15) is 13.6 Å². The number of thiophene rings is 1. The minimum atomic E-state index is -2.93. The van der Waals surface area contributed by atoms with Crippen LogP contribution in [0.5, 0.6) is 5.75 Å². The Morgan fingerprint density at radius 3 is 2.75 bits per heavy atom. The van der Waals surface area contributed by atoms with Gasteiger partial charge in [0.2, 0.25) is 0 Å². The second kappa shape index (κ2) is 6.99. The van der Waals surface area contributed by atoms with Crippen LogP contribution in [-0.2, 0) is 0 Å². The molecule has 1 fully saturated rings. The van der Waals surface area contributed by atoms with Crippen LogP contribution in [0.4, 0.5) is 8.78 Å². The van der Waals surface area contributed by atoms with Gasteiger partial charge in [0.25, 0.3) is 5.91 Å². The second-order valence-corrected chi connectivity index (χ2v) is 5.78. The normalized spacial score (nSPS) is 22.8. The molecule has 0 unspecified atom stereocenters. The highest BCUT2D eigenvalue weighted by molar-refractivity contribution is 7.12. The predicted molar refractivity (Wildman–Crippen MR) is 71.2 cm³/mol. The number of carbonyl (C=O) groups excluding carboxylic acids is 1. The van der Waals surface area contributed by atoms with Gasteiger partial charge in [0, 0.05) is 12.6 Å². The van der Waals surface area contributed by atoms with Gasteiger partial charge in [-0.05, 0) is 43.0 Å². The van der Waals surface area contributed by atoms with Gasteiger partial charge in [-0.15, -0.1) is 11.3 Å². The number of alkyl halides is 2. The first kappa shape index (κ1) is 15.2. The first-order chi connectivity index (χ1) is 9.60. The van der Waals surface area contributed by atoms with Crippen molar-refractivity contribution in [3.63, 3.8) is 0 Å². The van der Waals surface area contributed by atoms with E-state index in [0.29, 0.717) is 5.92 Å². The summed E-state index contributed by atoms with van der Waals surface area (Å²) in [5.74, 6) is -0.141. The van der Waals surface area contributed by atoms with Crippen molar-refractivity contribution < 1.29 is 23.4 Å². The van der Waals surface area contributed by atoms with Gasteiger partial charge >= 0.3 is 6.61 Å². The summed E-state index contributed by atoms with van der Waals surface area (Å²) >= 11 is 1.08. The van der Waals surface area contributed by atoms with Crippen molar-refractivity contribution in [2.45, 2.75) is 38.3 Å². The van der Waals surface area contributed by atoms with Crippen LogP contribution in [0.25, 0.3) is 0 Å². The standard InChI is InChI=1S/C13H17F2NO3S/c14-13(15)19-10-5-6-20-11(10)12(18)16-9-3-1-8(7-17)2-4-9/h5-6,8-9,13,17H,1-4,7H2,(H,16,18). The molecular weight excluding hydrogens is 288 g/mol. The lowest BCUT2D eigenvalue weighted by atomic mass is 9.86. The van der Waals surface area contributed by atoms with Crippen molar-refractivity contribution in [3.05, 3.63) is 16.3 Å². The molecule has 112 valence electrons. The Morgan fingerprint density at radius 1 is 1.45 bits per heavy atom. The minimum Gasteiger partial charge on any atom is -0.433 e. The van der Waals surface area contributed by atoms with Gasteiger partial charge in [-0.2, -0.15) is 8.78 Å². The fourth-order valence-corrected chi connectivity index (χ4v) is 3.12. The van der Waals surface area contributed by atoms with Crippen molar-refractivity contribution in [1.82, 2.24) is 5.32 Å². The third-order valence-electron chi connectivity index (χ3n) is 3.49. The molecule has 1 aliphatic carbocycles. The number of halogens is 2. The maximum atomic E-state index is 12.2. The van der Waals surface area contributed by atoms with Crippen molar-refractivity contribution in [2.75, 3.05) is 6.61 Å². The molecule has 4 nitrogen and oxygen atoms in total. The predicted octanol–water partition coefficient (Wildman–Crippen LogP) is 2.63. The number of rotatable bonds is 5. The Morgan fingerprint density at radius 2 is 2.15 bits per heavy atom. The van der Waals surface area contributed by atoms with E-state index in [2.05, 4.69) is 10.1 Å². The Labute approximate surface area is 119 Å². The van der Waals surface area contributed by atoms with Crippen molar-refractivity contribution in [3.8, 4) is 5.75 Å². The summed E-state index contributed by atoms with van der Waals surface area (Å²) < 4.78 is 28.7. The van der Waals surface area contributed by atoms with Crippen LogP contribution >= 0.6 is 11.3 Å². The summed E-state index contributed by atoms with van der Waals surface area (Å²) in [4.78, 5) is 12.2. The molecule has 1 aromatic heterocycles. The topological polar surface area (TPSA) is 58.6 Å². The number of hydrogen-bond donors (Lipinski definition) is 2. The summed E-state index contributed by atoms with van der Waals surface area (Å²) in [5, 5.41) is 13.5. The molecule has 7 heteroatoms. The first-order valence-electron chi connectivity index (χ1n) is 6.54.